The molecule has 178 valence electrons. The van der Waals surface area contributed by atoms with E-state index in [0.29, 0.717) is 0 Å². The van der Waals surface area contributed by atoms with Gasteiger partial charge >= 0.3 is 0 Å². The van der Waals surface area contributed by atoms with E-state index in [1.54, 1.807) is 0 Å². The molecule has 0 spiro atoms. The number of hydrogen-bond donors (Lipinski definition) is 0. The Labute approximate surface area is 203 Å². The van der Waals surface area contributed by atoms with Crippen molar-refractivity contribution in [3.8, 4) is 0 Å². The Morgan fingerprint density at radius 1 is 0.485 bits per heavy atom. The number of hydrogen-bond acceptors (Lipinski definition) is 1. The topological polar surface area (TPSA) is 30.0 Å². The van der Waals surface area contributed by atoms with E-state index in [9.17, 15) is 0 Å². The minimum absolute atomic E-state index is 0. The normalized spacial score (nSPS) is 11.7. The van der Waals surface area contributed by atoms with Gasteiger partial charge in [0.1, 0.15) is 0 Å². The Kier molecular flexibility index (Phi) is 11.3. The minimum Gasteiger partial charge on any atom is -0.870 e. The van der Waals surface area contributed by atoms with Gasteiger partial charge in [0.05, 0.1) is 18.5 Å². The smallest absolute Gasteiger partial charge is 0.154 e. The van der Waals surface area contributed by atoms with Crippen molar-refractivity contribution >= 4 is 7.26 Å². The molecule has 0 aliphatic carbocycles. The van der Waals surface area contributed by atoms with Crippen LogP contribution >= 0.6 is 7.26 Å². The molecule has 0 fully saturated rings. The summed E-state index contributed by atoms with van der Waals surface area (Å²) in [5.74, 6) is 0. The summed E-state index contributed by atoms with van der Waals surface area (Å²) in [6.07, 6.45) is 11.9. The SMILES string of the molecule is CCCC[P+](CCCC)(CCCC)C(c1ccccc1)(c1ccccc1)c1ccccc1.[OH-]. The lowest BCUT2D eigenvalue weighted by Gasteiger charge is -2.47. The third-order valence-corrected chi connectivity index (χ3v) is 12.8. The second-order valence-electron chi connectivity index (χ2n) is 9.19. The van der Waals surface area contributed by atoms with Crippen molar-refractivity contribution in [3.63, 3.8) is 0 Å². The van der Waals surface area contributed by atoms with Crippen LogP contribution in [0, 0.1) is 0 Å². The van der Waals surface area contributed by atoms with Crippen LogP contribution in [0.4, 0.5) is 0 Å². The molecular formula is C31H43OP. The molecule has 0 unspecified atom stereocenters. The lowest BCUT2D eigenvalue weighted by Crippen LogP contribution is -2.37. The van der Waals surface area contributed by atoms with E-state index in [-0.39, 0.29) is 10.6 Å². The summed E-state index contributed by atoms with van der Waals surface area (Å²) in [6, 6.07) is 34.5. The molecule has 0 saturated carbocycles. The standard InChI is InChI=1S/C31H42P.H2O/c1-4-7-25-32(26-8-5-2,27-9-6-3)31(28-19-13-10-14-20-28,29-21-15-11-16-22-29)30-23-17-12-18-24-30;/h10-24H,4-9,25-27H2,1-3H3;1H2/q+1;/p-1. The Morgan fingerprint density at radius 2 is 0.758 bits per heavy atom. The fraction of sp³-hybridized carbons (Fsp3) is 0.419. The zero-order chi connectivity index (χ0) is 22.7. The molecule has 1 N–H and O–H groups in total. The van der Waals surface area contributed by atoms with Crippen LogP contribution in [-0.2, 0) is 5.16 Å². The van der Waals surface area contributed by atoms with Gasteiger partial charge in [-0.15, -0.1) is 0 Å². The molecule has 0 saturated heterocycles. The maximum atomic E-state index is 2.42. The molecule has 0 aliphatic rings. The van der Waals surface area contributed by atoms with Crippen LogP contribution in [0.1, 0.15) is 76.0 Å². The Hall–Kier alpha value is -1.95. The maximum absolute atomic E-state index is 2.42. The molecule has 0 bridgehead atoms. The third kappa shape index (κ3) is 5.76. The summed E-state index contributed by atoms with van der Waals surface area (Å²) in [5.41, 5.74) is 4.48. The van der Waals surface area contributed by atoms with Crippen molar-refractivity contribution in [2.45, 2.75) is 64.5 Å². The van der Waals surface area contributed by atoms with Crippen LogP contribution in [0.3, 0.4) is 0 Å². The molecule has 0 heterocycles. The van der Waals surface area contributed by atoms with Crippen molar-refractivity contribution in [2.24, 2.45) is 0 Å². The predicted octanol–water partition coefficient (Wildman–Crippen LogP) is 9.22. The Morgan fingerprint density at radius 3 is 1.00 bits per heavy atom. The van der Waals surface area contributed by atoms with Gasteiger partial charge in [-0.05, 0) is 19.3 Å². The molecule has 3 aromatic rings. The first-order valence-electron chi connectivity index (χ1n) is 12.8. The van der Waals surface area contributed by atoms with Crippen molar-refractivity contribution in [2.75, 3.05) is 18.5 Å². The zero-order valence-electron chi connectivity index (χ0n) is 20.9. The average Bonchev–Trinajstić information content (AvgIpc) is 2.87. The first kappa shape index (κ1) is 27.3. The first-order valence-corrected chi connectivity index (χ1v) is 15.1. The lowest BCUT2D eigenvalue weighted by atomic mass is 9.84. The van der Waals surface area contributed by atoms with Gasteiger partial charge in [-0.2, -0.15) is 0 Å². The van der Waals surface area contributed by atoms with Crippen molar-refractivity contribution < 1.29 is 5.48 Å². The summed E-state index contributed by atoms with van der Waals surface area (Å²) in [5, 5.41) is -0.0453. The lowest BCUT2D eigenvalue weighted by molar-refractivity contribution is 0.775. The molecule has 2 heteroatoms. The highest BCUT2D eigenvalue weighted by Gasteiger charge is 2.59. The molecule has 0 aliphatic heterocycles. The number of benzene rings is 3. The van der Waals surface area contributed by atoms with E-state index in [1.165, 1.54) is 73.7 Å². The second kappa shape index (κ2) is 13.7. The van der Waals surface area contributed by atoms with Gasteiger partial charge < -0.3 is 5.48 Å². The average molecular weight is 463 g/mol. The summed E-state index contributed by atoms with van der Waals surface area (Å²) in [4.78, 5) is 0. The first-order chi connectivity index (χ1) is 15.7. The maximum Gasteiger partial charge on any atom is 0.154 e. The summed E-state index contributed by atoms with van der Waals surface area (Å²) < 4.78 is 0. The van der Waals surface area contributed by atoms with Crippen LogP contribution in [0.15, 0.2) is 91.0 Å². The van der Waals surface area contributed by atoms with Crippen molar-refractivity contribution in [1.82, 2.24) is 0 Å². The van der Waals surface area contributed by atoms with Crippen LogP contribution in [-0.4, -0.2) is 24.0 Å². The fourth-order valence-corrected chi connectivity index (χ4v) is 12.1. The molecule has 0 amide bonds. The molecule has 0 radical (unpaired) electrons. The quantitative estimate of drug-likeness (QED) is 0.184. The van der Waals surface area contributed by atoms with Crippen LogP contribution in [0.5, 0.6) is 0 Å². The van der Waals surface area contributed by atoms with Crippen molar-refractivity contribution in [3.05, 3.63) is 108 Å². The molecular weight excluding hydrogens is 419 g/mol. The molecule has 33 heavy (non-hydrogen) atoms. The van der Waals surface area contributed by atoms with Gasteiger partial charge in [0.2, 0.25) is 0 Å². The summed E-state index contributed by atoms with van der Waals surface area (Å²) >= 11 is 0. The van der Waals surface area contributed by atoms with Gasteiger partial charge in [-0.1, -0.05) is 131 Å². The molecule has 3 aromatic carbocycles. The molecule has 3 rings (SSSR count). The highest BCUT2D eigenvalue weighted by molar-refractivity contribution is 7.77. The van der Waals surface area contributed by atoms with Gasteiger partial charge in [-0.25, -0.2) is 0 Å². The van der Waals surface area contributed by atoms with E-state index in [2.05, 4.69) is 112 Å². The van der Waals surface area contributed by atoms with Gasteiger partial charge in [-0.3, -0.25) is 0 Å². The number of unbranched alkanes of at least 4 members (excludes halogenated alkanes) is 3. The molecule has 1 nitrogen and oxygen atoms in total. The second-order valence-corrected chi connectivity index (χ2v) is 13.5. The Balaban J connectivity index is 0.00000385. The van der Waals surface area contributed by atoms with Crippen LogP contribution < -0.4 is 0 Å². The van der Waals surface area contributed by atoms with E-state index < -0.39 is 7.26 Å². The van der Waals surface area contributed by atoms with E-state index in [4.69, 9.17) is 0 Å². The van der Waals surface area contributed by atoms with Crippen LogP contribution in [0.2, 0.25) is 0 Å². The number of rotatable bonds is 13. The molecule has 0 aromatic heterocycles. The molecule has 0 atom stereocenters. The summed E-state index contributed by atoms with van der Waals surface area (Å²) in [6.45, 7) is 7.09. The van der Waals surface area contributed by atoms with E-state index in [0.717, 1.165) is 0 Å². The predicted molar refractivity (Wildman–Crippen MR) is 147 cm³/mol. The highest BCUT2D eigenvalue weighted by Crippen LogP contribution is 2.78. The zero-order valence-corrected chi connectivity index (χ0v) is 21.8. The van der Waals surface area contributed by atoms with Crippen molar-refractivity contribution in [1.29, 1.82) is 0 Å². The van der Waals surface area contributed by atoms with Gasteiger partial charge in [0, 0.05) is 24.0 Å². The van der Waals surface area contributed by atoms with E-state index >= 15 is 0 Å². The summed E-state index contributed by atoms with van der Waals surface area (Å²) in [7, 11) is -1.45. The van der Waals surface area contributed by atoms with Gasteiger partial charge in [0.15, 0.2) is 5.16 Å². The largest absolute Gasteiger partial charge is 0.870 e. The van der Waals surface area contributed by atoms with Crippen LogP contribution in [0.25, 0.3) is 0 Å². The monoisotopic (exact) mass is 462 g/mol. The van der Waals surface area contributed by atoms with Gasteiger partial charge in [0.25, 0.3) is 0 Å². The third-order valence-electron chi connectivity index (χ3n) is 7.11. The fourth-order valence-electron chi connectivity index (χ4n) is 5.58. The Bertz CT molecular complexity index is 774. The highest BCUT2D eigenvalue weighted by atomic mass is 31.2. The minimum atomic E-state index is -1.45. The van der Waals surface area contributed by atoms with E-state index in [1.807, 2.05) is 0 Å².